The van der Waals surface area contributed by atoms with Crippen molar-refractivity contribution in [3.8, 4) is 34.3 Å². The SMILES string of the molecule is C.CCCCCCCCCCCCCCCCCCSc1ccc(-c2[nH]c(O)c3c2C(=O)N=C3c2ccc(C)cc2)cc1.Cc1ccc(C2=NC(=O)c3c(-c4ccc(C)cc4)[nH]c(O)c32)cc1. The van der Waals surface area contributed by atoms with Crippen molar-refractivity contribution in [2.75, 3.05) is 5.75 Å². The molecule has 2 amide bonds. The Kier molecular flexibility index (Phi) is 18.6. The minimum atomic E-state index is -0.326. The molecule has 0 atom stereocenters. The zero-order chi connectivity index (χ0) is 46.4. The fraction of sp³-hybridized carbons (Fsp3) is 0.379. The summed E-state index contributed by atoms with van der Waals surface area (Å²) in [5.41, 5.74) is 10.9. The van der Waals surface area contributed by atoms with Crippen LogP contribution in [-0.2, 0) is 0 Å². The lowest BCUT2D eigenvalue weighted by molar-refractivity contribution is 0.0998. The number of carbonyl (C=O) groups is 2. The van der Waals surface area contributed by atoms with Crippen molar-refractivity contribution in [1.29, 1.82) is 0 Å². The molecule has 0 aliphatic carbocycles. The van der Waals surface area contributed by atoms with Crippen LogP contribution in [-0.4, -0.2) is 49.2 Å². The van der Waals surface area contributed by atoms with Crippen LogP contribution in [0.25, 0.3) is 22.5 Å². The van der Waals surface area contributed by atoms with Gasteiger partial charge in [-0.15, -0.1) is 11.8 Å². The Morgan fingerprint density at radius 3 is 1.10 bits per heavy atom. The number of hydrogen-bond donors (Lipinski definition) is 4. The molecule has 67 heavy (non-hydrogen) atoms. The number of carbonyl (C=O) groups excluding carboxylic acids is 2. The highest BCUT2D eigenvalue weighted by Crippen LogP contribution is 2.40. The van der Waals surface area contributed by atoms with Crippen LogP contribution in [0.5, 0.6) is 11.8 Å². The Morgan fingerprint density at radius 1 is 0.433 bits per heavy atom. The Bertz CT molecular complexity index is 2620. The van der Waals surface area contributed by atoms with Crippen LogP contribution in [0.2, 0.25) is 0 Å². The number of benzene rings is 4. The minimum absolute atomic E-state index is 0. The first-order chi connectivity index (χ1) is 32.1. The number of nitrogens with one attached hydrogen (secondary N) is 2. The molecule has 8 rings (SSSR count). The first-order valence-corrected chi connectivity index (χ1v) is 25.2. The van der Waals surface area contributed by atoms with Gasteiger partial charge in [0.15, 0.2) is 11.8 Å². The van der Waals surface area contributed by atoms with Crippen LogP contribution < -0.4 is 0 Å². The molecule has 352 valence electrons. The number of aliphatic imine (C=N–C) groups is 2. The molecule has 0 saturated carbocycles. The van der Waals surface area contributed by atoms with E-state index in [4.69, 9.17) is 0 Å². The Morgan fingerprint density at radius 2 is 0.746 bits per heavy atom. The van der Waals surface area contributed by atoms with Crippen LogP contribution in [0, 0.1) is 20.8 Å². The van der Waals surface area contributed by atoms with Crippen LogP contribution >= 0.6 is 11.8 Å². The van der Waals surface area contributed by atoms with Crippen molar-refractivity contribution in [2.45, 2.75) is 143 Å². The van der Waals surface area contributed by atoms with Gasteiger partial charge in [-0.05, 0) is 56.2 Å². The quantitative estimate of drug-likeness (QED) is 0.0398. The summed E-state index contributed by atoms with van der Waals surface area (Å²) in [5, 5.41) is 21.1. The number of aryl methyl sites for hydroxylation is 3. The minimum Gasteiger partial charge on any atom is -0.494 e. The summed E-state index contributed by atoms with van der Waals surface area (Å²) in [4.78, 5) is 41.0. The highest BCUT2D eigenvalue weighted by atomic mass is 32.2. The second-order valence-electron chi connectivity index (χ2n) is 18.0. The van der Waals surface area contributed by atoms with E-state index < -0.39 is 0 Å². The molecule has 6 aromatic rings. The van der Waals surface area contributed by atoms with E-state index in [9.17, 15) is 19.8 Å². The highest BCUT2D eigenvalue weighted by Gasteiger charge is 2.34. The summed E-state index contributed by atoms with van der Waals surface area (Å²) in [6.07, 6.45) is 22.3. The summed E-state index contributed by atoms with van der Waals surface area (Å²) in [6.45, 7) is 8.31. The number of fused-ring (bicyclic) bond motifs is 2. The normalized spacial score (nSPS) is 12.6. The molecule has 2 aliphatic rings. The maximum Gasteiger partial charge on any atom is 0.280 e. The molecular weight excluding hydrogens is 849 g/mol. The zero-order valence-electron chi connectivity index (χ0n) is 39.3. The summed E-state index contributed by atoms with van der Waals surface area (Å²) < 4.78 is 0. The van der Waals surface area contributed by atoms with Crippen molar-refractivity contribution in [3.63, 3.8) is 0 Å². The zero-order valence-corrected chi connectivity index (χ0v) is 40.1. The molecule has 2 aliphatic heterocycles. The van der Waals surface area contributed by atoms with E-state index in [0.717, 1.165) is 44.7 Å². The molecule has 0 spiro atoms. The van der Waals surface area contributed by atoms with E-state index in [1.807, 2.05) is 117 Å². The maximum absolute atomic E-state index is 12.9. The van der Waals surface area contributed by atoms with E-state index >= 15 is 0 Å². The molecule has 8 nitrogen and oxygen atoms in total. The predicted octanol–water partition coefficient (Wildman–Crippen LogP) is 15.7. The Labute approximate surface area is 402 Å². The number of rotatable bonds is 22. The maximum atomic E-state index is 12.9. The first kappa shape index (κ1) is 50.5. The number of unbranched alkanes of at least 4 members (excludes halogenated alkanes) is 15. The van der Waals surface area contributed by atoms with Gasteiger partial charge in [-0.2, -0.15) is 0 Å². The molecule has 0 unspecified atom stereocenters. The number of aromatic amines is 2. The standard InChI is InChI=1S/C37H50N2O2S.C20H16N2O2.CH4/c1-3-4-5-6-7-8-9-10-11-12-13-14-15-16-17-18-27-42-31-25-23-30(24-26-31)35-33-32(36(40)39-35)34(38-37(33)41)29-21-19-28(2)20-22-29;1-11-3-7-13(8-4-11)17-15-16(20(24)21-17)18(22-19(15)23)14-9-5-12(2)6-10-14;/h19-26,39-40H,3-18,27H2,1-2H3;3-10,21,24H,1-2H3;1H4. The van der Waals surface area contributed by atoms with Crippen molar-refractivity contribution >= 4 is 35.0 Å². The van der Waals surface area contributed by atoms with Gasteiger partial charge in [-0.3, -0.25) is 9.59 Å². The van der Waals surface area contributed by atoms with Gasteiger partial charge in [0.05, 0.1) is 45.1 Å². The number of aromatic hydroxyl groups is 2. The Hall–Kier alpha value is -5.93. The lowest BCUT2D eigenvalue weighted by Gasteiger charge is -2.05. The molecule has 0 radical (unpaired) electrons. The largest absolute Gasteiger partial charge is 0.494 e. The molecule has 4 aromatic carbocycles. The topological polar surface area (TPSA) is 131 Å². The van der Waals surface area contributed by atoms with Gasteiger partial charge >= 0.3 is 0 Å². The van der Waals surface area contributed by atoms with Gasteiger partial charge in [-0.25, -0.2) is 9.98 Å². The third-order valence-electron chi connectivity index (χ3n) is 12.7. The van der Waals surface area contributed by atoms with E-state index in [0.29, 0.717) is 45.1 Å². The molecule has 9 heteroatoms. The fourth-order valence-electron chi connectivity index (χ4n) is 8.84. The van der Waals surface area contributed by atoms with Crippen molar-refractivity contribution in [2.24, 2.45) is 9.98 Å². The van der Waals surface area contributed by atoms with Crippen molar-refractivity contribution in [1.82, 2.24) is 9.97 Å². The summed E-state index contributed by atoms with van der Waals surface area (Å²) in [7, 11) is 0. The van der Waals surface area contributed by atoms with Gasteiger partial charge in [-0.1, -0.05) is 212 Å². The molecule has 0 fully saturated rings. The van der Waals surface area contributed by atoms with E-state index in [1.165, 1.54) is 108 Å². The van der Waals surface area contributed by atoms with E-state index in [1.54, 1.807) is 0 Å². The molecular formula is C58H70N4O4S. The third-order valence-corrected chi connectivity index (χ3v) is 13.8. The average molecular weight is 919 g/mol. The monoisotopic (exact) mass is 919 g/mol. The summed E-state index contributed by atoms with van der Waals surface area (Å²) in [6, 6.07) is 31.7. The van der Waals surface area contributed by atoms with Crippen molar-refractivity contribution < 1.29 is 19.8 Å². The van der Waals surface area contributed by atoms with Crippen LogP contribution in [0.15, 0.2) is 112 Å². The van der Waals surface area contributed by atoms with E-state index in [2.05, 4.69) is 39.0 Å². The van der Waals surface area contributed by atoms with Crippen LogP contribution in [0.3, 0.4) is 0 Å². The molecule has 4 heterocycles. The predicted molar refractivity (Wildman–Crippen MR) is 280 cm³/mol. The molecule has 0 bridgehead atoms. The number of hydrogen-bond acceptors (Lipinski definition) is 5. The number of H-pyrrole nitrogens is 2. The average Bonchev–Trinajstić information content (AvgIpc) is 4.07. The smallest absolute Gasteiger partial charge is 0.280 e. The number of aromatic nitrogens is 2. The van der Waals surface area contributed by atoms with Crippen LogP contribution in [0.4, 0.5) is 0 Å². The first-order valence-electron chi connectivity index (χ1n) is 24.2. The van der Waals surface area contributed by atoms with Gasteiger partial charge < -0.3 is 20.2 Å². The molecule has 4 N–H and O–H groups in total. The molecule has 0 saturated heterocycles. The lowest BCUT2D eigenvalue weighted by Crippen LogP contribution is -1.99. The van der Waals surface area contributed by atoms with Crippen molar-refractivity contribution in [3.05, 3.63) is 147 Å². The second-order valence-corrected chi connectivity index (χ2v) is 19.2. The lowest BCUT2D eigenvalue weighted by atomic mass is 9.99. The summed E-state index contributed by atoms with van der Waals surface area (Å²) in [5.74, 6) is 0.461. The second kappa shape index (κ2) is 24.7. The van der Waals surface area contributed by atoms with E-state index in [-0.39, 0.29) is 31.0 Å². The fourth-order valence-corrected chi connectivity index (χ4v) is 9.75. The van der Waals surface area contributed by atoms with Gasteiger partial charge in [0.2, 0.25) is 0 Å². The third kappa shape index (κ3) is 12.9. The van der Waals surface area contributed by atoms with Gasteiger partial charge in [0, 0.05) is 16.0 Å². The van der Waals surface area contributed by atoms with Gasteiger partial charge in [0.1, 0.15) is 0 Å². The van der Waals surface area contributed by atoms with Gasteiger partial charge in [0.25, 0.3) is 11.8 Å². The summed E-state index contributed by atoms with van der Waals surface area (Å²) >= 11 is 1.89. The molecule has 2 aromatic heterocycles. The highest BCUT2D eigenvalue weighted by molar-refractivity contribution is 7.99. The number of amides is 2. The number of thioether (sulfide) groups is 1. The Balaban J connectivity index is 0.000000250. The number of nitrogens with zero attached hydrogens (tertiary/aromatic N) is 2. The van der Waals surface area contributed by atoms with Crippen LogP contribution in [0.1, 0.15) is 177 Å².